The van der Waals surface area contributed by atoms with E-state index in [0.29, 0.717) is 22.8 Å². The number of carbonyl (C=O) groups is 2. The van der Waals surface area contributed by atoms with E-state index >= 15 is 0 Å². The summed E-state index contributed by atoms with van der Waals surface area (Å²) in [6.45, 7) is 0. The van der Waals surface area contributed by atoms with Gasteiger partial charge < -0.3 is 10.6 Å². The second kappa shape index (κ2) is 13.0. The molecule has 2 N–H and O–H groups in total. The zero-order valence-corrected chi connectivity index (χ0v) is 22.9. The van der Waals surface area contributed by atoms with Crippen molar-refractivity contribution in [2.75, 3.05) is 5.32 Å². The molecule has 5 rings (SSSR count). The normalized spacial score (nSPS) is 11.2. The Morgan fingerprint density at radius 2 is 1.61 bits per heavy atom. The zero-order chi connectivity index (χ0) is 28.6. The van der Waals surface area contributed by atoms with Crippen molar-refractivity contribution in [2.45, 2.75) is 10.6 Å². The highest BCUT2D eigenvalue weighted by Gasteiger charge is 2.17. The van der Waals surface area contributed by atoms with Crippen molar-refractivity contribution in [3.8, 4) is 5.69 Å². The number of aromatic nitrogens is 4. The molecule has 0 saturated carbocycles. The average molecular weight is 585 g/mol. The van der Waals surface area contributed by atoms with E-state index in [1.54, 1.807) is 47.1 Å². The number of rotatable bonds is 9. The SMILES string of the molecule is O=C(Nc1ccc(SCc2nnnn2-c2ccccc2)cc1)/C(=C/c1c(F)cccc1Cl)NC(=O)c1ccccc1. The largest absolute Gasteiger partial charge is 0.321 e. The molecule has 0 bridgehead atoms. The summed E-state index contributed by atoms with van der Waals surface area (Å²) in [7, 11) is 0. The van der Waals surface area contributed by atoms with Crippen LogP contribution in [0.25, 0.3) is 11.8 Å². The molecule has 0 spiro atoms. The van der Waals surface area contributed by atoms with E-state index in [0.717, 1.165) is 10.6 Å². The van der Waals surface area contributed by atoms with E-state index in [1.807, 2.05) is 42.5 Å². The first-order valence-electron chi connectivity index (χ1n) is 12.4. The van der Waals surface area contributed by atoms with Crippen LogP contribution in [0.2, 0.25) is 5.02 Å². The van der Waals surface area contributed by atoms with E-state index in [2.05, 4.69) is 26.2 Å². The van der Waals surface area contributed by atoms with E-state index in [-0.39, 0.29) is 16.3 Å². The molecule has 5 aromatic rings. The van der Waals surface area contributed by atoms with E-state index < -0.39 is 17.6 Å². The summed E-state index contributed by atoms with van der Waals surface area (Å²) in [5.41, 5.74) is 1.50. The number of nitrogens with one attached hydrogen (secondary N) is 2. The lowest BCUT2D eigenvalue weighted by Crippen LogP contribution is -2.30. The molecule has 0 fully saturated rings. The van der Waals surface area contributed by atoms with Crippen molar-refractivity contribution in [3.05, 3.63) is 137 Å². The molecule has 0 saturated heterocycles. The summed E-state index contributed by atoms with van der Waals surface area (Å²) >= 11 is 7.71. The summed E-state index contributed by atoms with van der Waals surface area (Å²) in [6, 6.07) is 29.3. The van der Waals surface area contributed by atoms with Gasteiger partial charge in [0.1, 0.15) is 11.5 Å². The zero-order valence-electron chi connectivity index (χ0n) is 21.4. The summed E-state index contributed by atoms with van der Waals surface area (Å²) < 4.78 is 16.2. The molecule has 11 heteroatoms. The molecule has 41 heavy (non-hydrogen) atoms. The van der Waals surface area contributed by atoms with Gasteiger partial charge in [0.25, 0.3) is 11.8 Å². The Morgan fingerprint density at radius 1 is 0.902 bits per heavy atom. The number of carbonyl (C=O) groups excluding carboxylic acids is 2. The van der Waals surface area contributed by atoms with Crippen molar-refractivity contribution in [2.24, 2.45) is 0 Å². The summed E-state index contributed by atoms with van der Waals surface area (Å²) in [6.07, 6.45) is 1.22. The summed E-state index contributed by atoms with van der Waals surface area (Å²) in [5, 5.41) is 17.4. The fraction of sp³-hybridized carbons (Fsp3) is 0.0333. The minimum atomic E-state index is -0.643. The number of nitrogens with zero attached hydrogens (tertiary/aromatic N) is 4. The molecule has 0 aliphatic carbocycles. The Labute approximate surface area is 244 Å². The summed E-state index contributed by atoms with van der Waals surface area (Å²) in [4.78, 5) is 27.0. The topological polar surface area (TPSA) is 102 Å². The number of para-hydroxylation sites is 1. The van der Waals surface area contributed by atoms with Gasteiger partial charge in [-0.2, -0.15) is 4.68 Å². The number of tetrazole rings is 1. The van der Waals surface area contributed by atoms with Crippen LogP contribution < -0.4 is 10.6 Å². The first kappa shape index (κ1) is 27.8. The number of anilines is 1. The smallest absolute Gasteiger partial charge is 0.272 e. The van der Waals surface area contributed by atoms with Gasteiger partial charge in [-0.3, -0.25) is 9.59 Å². The average Bonchev–Trinajstić information content (AvgIpc) is 3.48. The van der Waals surface area contributed by atoms with Gasteiger partial charge in [-0.15, -0.1) is 16.9 Å². The molecule has 4 aromatic carbocycles. The Kier molecular flexibility index (Phi) is 8.82. The first-order valence-corrected chi connectivity index (χ1v) is 13.7. The summed E-state index contributed by atoms with van der Waals surface area (Å²) in [5.74, 6) is -0.582. The number of halogens is 2. The number of benzene rings is 4. The number of hydrogen-bond donors (Lipinski definition) is 2. The van der Waals surface area contributed by atoms with E-state index in [4.69, 9.17) is 11.6 Å². The lowest BCUT2D eigenvalue weighted by atomic mass is 10.1. The number of thioether (sulfide) groups is 1. The third-order valence-electron chi connectivity index (χ3n) is 5.83. The molecular weight excluding hydrogens is 563 g/mol. The van der Waals surface area contributed by atoms with Crippen molar-refractivity contribution < 1.29 is 14.0 Å². The molecule has 1 aromatic heterocycles. The van der Waals surface area contributed by atoms with Crippen LogP contribution in [0.1, 0.15) is 21.7 Å². The third-order valence-corrected chi connectivity index (χ3v) is 7.17. The third kappa shape index (κ3) is 7.05. The van der Waals surface area contributed by atoms with Crippen molar-refractivity contribution in [1.29, 1.82) is 0 Å². The molecule has 8 nitrogen and oxygen atoms in total. The van der Waals surface area contributed by atoms with Crippen LogP contribution in [0.4, 0.5) is 10.1 Å². The van der Waals surface area contributed by atoms with Crippen LogP contribution in [-0.2, 0) is 10.5 Å². The minimum Gasteiger partial charge on any atom is -0.321 e. The lowest BCUT2D eigenvalue weighted by Gasteiger charge is -2.12. The van der Waals surface area contributed by atoms with Gasteiger partial charge in [0.15, 0.2) is 5.82 Å². The number of hydrogen-bond acceptors (Lipinski definition) is 6. The molecule has 0 aliphatic rings. The highest BCUT2D eigenvalue weighted by Crippen LogP contribution is 2.25. The maximum atomic E-state index is 14.5. The Balaban J connectivity index is 1.30. The molecule has 0 aliphatic heterocycles. The second-order valence-corrected chi connectivity index (χ2v) is 10.1. The van der Waals surface area contributed by atoms with Gasteiger partial charge in [0.05, 0.1) is 16.5 Å². The maximum Gasteiger partial charge on any atom is 0.272 e. The highest BCUT2D eigenvalue weighted by atomic mass is 35.5. The molecule has 204 valence electrons. The molecule has 1 heterocycles. The van der Waals surface area contributed by atoms with Crippen LogP contribution in [-0.4, -0.2) is 32.0 Å². The fourth-order valence-corrected chi connectivity index (χ4v) is 4.80. The monoisotopic (exact) mass is 584 g/mol. The van der Waals surface area contributed by atoms with Crippen LogP contribution in [0, 0.1) is 5.82 Å². The predicted octanol–water partition coefficient (Wildman–Crippen LogP) is 6.16. The molecule has 2 amide bonds. The number of amides is 2. The van der Waals surface area contributed by atoms with E-state index in [1.165, 1.54) is 36.0 Å². The van der Waals surface area contributed by atoms with Crippen LogP contribution >= 0.6 is 23.4 Å². The predicted molar refractivity (Wildman–Crippen MR) is 157 cm³/mol. The van der Waals surface area contributed by atoms with Gasteiger partial charge in [-0.25, -0.2) is 4.39 Å². The maximum absolute atomic E-state index is 14.5. The molecule has 0 unspecified atom stereocenters. The molecular formula is C30H22ClFN6O2S. The Bertz CT molecular complexity index is 1680. The van der Waals surface area contributed by atoms with Gasteiger partial charge >= 0.3 is 0 Å². The van der Waals surface area contributed by atoms with Crippen LogP contribution in [0.3, 0.4) is 0 Å². The van der Waals surface area contributed by atoms with Gasteiger partial charge in [-0.1, -0.05) is 54.1 Å². The van der Waals surface area contributed by atoms with Crippen LogP contribution in [0.15, 0.2) is 114 Å². The molecule has 0 radical (unpaired) electrons. The fourth-order valence-electron chi connectivity index (χ4n) is 3.78. The highest BCUT2D eigenvalue weighted by molar-refractivity contribution is 7.98. The Morgan fingerprint density at radius 3 is 2.32 bits per heavy atom. The minimum absolute atomic E-state index is 0.0164. The van der Waals surface area contributed by atoms with Gasteiger partial charge in [0, 0.05) is 21.7 Å². The van der Waals surface area contributed by atoms with Crippen LogP contribution in [0.5, 0.6) is 0 Å². The second-order valence-electron chi connectivity index (χ2n) is 8.62. The first-order chi connectivity index (χ1) is 20.0. The quantitative estimate of drug-likeness (QED) is 0.159. The van der Waals surface area contributed by atoms with Gasteiger partial charge in [-0.05, 0) is 77.2 Å². The van der Waals surface area contributed by atoms with E-state index in [9.17, 15) is 14.0 Å². The molecule has 0 atom stereocenters. The van der Waals surface area contributed by atoms with Gasteiger partial charge in [0.2, 0.25) is 0 Å². The van der Waals surface area contributed by atoms with Crippen molar-refractivity contribution in [3.63, 3.8) is 0 Å². The standard InChI is InChI=1S/C30H22ClFN6O2S/c31-25-12-7-13-26(32)24(25)18-27(34-29(39)20-8-3-1-4-9-20)30(40)33-21-14-16-23(17-15-21)41-19-28-35-36-37-38(28)22-10-5-2-6-11-22/h1-18H,19H2,(H,33,40)(H,34,39)/b27-18-. The lowest BCUT2D eigenvalue weighted by molar-refractivity contribution is -0.113. The van der Waals surface area contributed by atoms with Crippen molar-refractivity contribution in [1.82, 2.24) is 25.5 Å². The van der Waals surface area contributed by atoms with Crippen molar-refractivity contribution >= 4 is 46.9 Å². The Hall–Kier alpha value is -4.80.